The largest absolute Gasteiger partial charge is 0.202 e. The van der Waals surface area contributed by atoms with Crippen LogP contribution in [0.3, 0.4) is 0 Å². The van der Waals surface area contributed by atoms with Gasteiger partial charge in [0.15, 0.2) is 0 Å². The third-order valence-electron chi connectivity index (χ3n) is 3.56. The molecule has 19 heavy (non-hydrogen) atoms. The number of nitriles is 1. The number of nitrogens with zero attached hydrogens (tertiary/aromatic N) is 1. The van der Waals surface area contributed by atoms with E-state index in [0.717, 1.165) is 5.25 Å². The number of thioether (sulfide) groups is 1. The molecule has 0 heterocycles. The van der Waals surface area contributed by atoms with Crippen molar-refractivity contribution in [3.8, 4) is 6.57 Å². The van der Waals surface area contributed by atoms with E-state index in [1.165, 1.54) is 42.6 Å². The molecule has 0 bridgehead atoms. The summed E-state index contributed by atoms with van der Waals surface area (Å²) < 4.78 is 0. The SMILES string of the molecule is C#N.CC(C)(C)c1cccc(SC2CCCCC2)c1. The Labute approximate surface area is 122 Å². The number of hydrogen-bond acceptors (Lipinski definition) is 2. The van der Waals surface area contributed by atoms with E-state index in [0.29, 0.717) is 0 Å². The summed E-state index contributed by atoms with van der Waals surface area (Å²) in [6.45, 7) is 10.4. The quantitative estimate of drug-likeness (QED) is 0.706. The second kappa shape index (κ2) is 7.60. The Morgan fingerprint density at radius 3 is 2.32 bits per heavy atom. The first kappa shape index (κ1) is 16.1. The topological polar surface area (TPSA) is 23.8 Å². The summed E-state index contributed by atoms with van der Waals surface area (Å²) in [7, 11) is 0. The molecule has 0 atom stereocenters. The van der Waals surface area contributed by atoms with Gasteiger partial charge in [0.1, 0.15) is 0 Å². The fraction of sp³-hybridized carbons (Fsp3) is 0.588. The molecule has 1 aromatic rings. The van der Waals surface area contributed by atoms with Crippen LogP contribution in [0.1, 0.15) is 58.4 Å². The summed E-state index contributed by atoms with van der Waals surface area (Å²) in [4.78, 5) is 1.46. The van der Waals surface area contributed by atoms with E-state index in [4.69, 9.17) is 5.26 Å². The normalized spacial score (nSPS) is 16.5. The van der Waals surface area contributed by atoms with E-state index in [9.17, 15) is 0 Å². The number of benzene rings is 1. The Morgan fingerprint density at radius 1 is 1.11 bits per heavy atom. The minimum absolute atomic E-state index is 0.267. The zero-order valence-corrected chi connectivity index (χ0v) is 13.2. The van der Waals surface area contributed by atoms with E-state index in [-0.39, 0.29) is 5.41 Å². The van der Waals surface area contributed by atoms with E-state index >= 15 is 0 Å². The Bertz CT molecular complexity index is 397. The van der Waals surface area contributed by atoms with Crippen LogP contribution in [0.15, 0.2) is 29.2 Å². The van der Waals surface area contributed by atoms with Crippen molar-refractivity contribution in [1.29, 1.82) is 5.26 Å². The predicted octanol–water partition coefficient (Wildman–Crippen LogP) is 5.55. The Morgan fingerprint density at radius 2 is 1.74 bits per heavy atom. The molecular formula is C17H25NS. The first-order valence-electron chi connectivity index (χ1n) is 7.09. The highest BCUT2D eigenvalue weighted by Gasteiger charge is 2.17. The molecule has 2 heteroatoms. The molecule has 0 N–H and O–H groups in total. The molecule has 0 aliphatic heterocycles. The molecule has 2 rings (SSSR count). The Kier molecular flexibility index (Phi) is 6.45. The first-order valence-corrected chi connectivity index (χ1v) is 7.97. The van der Waals surface area contributed by atoms with Crippen molar-refractivity contribution in [2.24, 2.45) is 0 Å². The van der Waals surface area contributed by atoms with Crippen molar-refractivity contribution in [2.75, 3.05) is 0 Å². The minimum atomic E-state index is 0.267. The third kappa shape index (κ3) is 5.28. The van der Waals surface area contributed by atoms with Crippen LogP contribution in [0.2, 0.25) is 0 Å². The standard InChI is InChI=1S/C16H24S.CHN/c1-16(2,3)13-8-7-11-15(12-13)17-14-9-5-4-6-10-14;1-2/h7-8,11-12,14H,4-6,9-10H2,1-3H3;1H. The van der Waals surface area contributed by atoms with Gasteiger partial charge in [0.25, 0.3) is 0 Å². The van der Waals surface area contributed by atoms with Gasteiger partial charge in [-0.1, -0.05) is 52.2 Å². The van der Waals surface area contributed by atoms with E-state index in [1.54, 1.807) is 0 Å². The predicted molar refractivity (Wildman–Crippen MR) is 84.5 cm³/mol. The zero-order chi connectivity index (χ0) is 14.3. The summed E-state index contributed by atoms with van der Waals surface area (Å²) in [5, 5.41) is 7.36. The molecule has 1 fully saturated rings. The van der Waals surface area contributed by atoms with Crippen LogP contribution in [0.25, 0.3) is 0 Å². The monoisotopic (exact) mass is 275 g/mol. The molecule has 1 saturated carbocycles. The average molecular weight is 275 g/mol. The molecule has 0 spiro atoms. The van der Waals surface area contributed by atoms with Crippen molar-refractivity contribution in [1.82, 2.24) is 0 Å². The molecule has 1 aliphatic carbocycles. The van der Waals surface area contributed by atoms with Crippen molar-refractivity contribution in [2.45, 2.75) is 68.4 Å². The molecule has 0 aromatic heterocycles. The molecule has 0 radical (unpaired) electrons. The van der Waals surface area contributed by atoms with Crippen LogP contribution >= 0.6 is 11.8 Å². The second-order valence-corrected chi connectivity index (χ2v) is 7.53. The molecule has 0 unspecified atom stereocenters. The lowest BCUT2D eigenvalue weighted by Gasteiger charge is -2.23. The summed E-state index contributed by atoms with van der Waals surface area (Å²) >= 11 is 2.09. The van der Waals surface area contributed by atoms with Crippen molar-refractivity contribution < 1.29 is 0 Å². The van der Waals surface area contributed by atoms with E-state index < -0.39 is 0 Å². The molecular weight excluding hydrogens is 250 g/mol. The van der Waals surface area contributed by atoms with Gasteiger partial charge in [0, 0.05) is 16.7 Å². The molecule has 0 amide bonds. The van der Waals surface area contributed by atoms with Crippen molar-refractivity contribution in [3.63, 3.8) is 0 Å². The smallest absolute Gasteiger partial charge is 0.0462 e. The van der Waals surface area contributed by atoms with Gasteiger partial charge in [0.05, 0.1) is 0 Å². The van der Waals surface area contributed by atoms with E-state index in [1.807, 2.05) is 0 Å². The van der Waals surface area contributed by atoms with Crippen LogP contribution in [-0.2, 0) is 5.41 Å². The molecule has 104 valence electrons. The summed E-state index contributed by atoms with van der Waals surface area (Å²) in [6.07, 6.45) is 7.11. The lowest BCUT2D eigenvalue weighted by molar-refractivity contribution is 0.516. The maximum Gasteiger partial charge on any atom is 0.0462 e. The summed E-state index contributed by atoms with van der Waals surface area (Å²) in [5.41, 5.74) is 1.72. The van der Waals surface area contributed by atoms with Gasteiger partial charge in [-0.05, 0) is 36.0 Å². The molecule has 1 aromatic carbocycles. The highest BCUT2D eigenvalue weighted by molar-refractivity contribution is 8.00. The fourth-order valence-corrected chi connectivity index (χ4v) is 3.72. The van der Waals surface area contributed by atoms with Crippen molar-refractivity contribution >= 4 is 11.8 Å². The van der Waals surface area contributed by atoms with Gasteiger partial charge in [0.2, 0.25) is 0 Å². The van der Waals surface area contributed by atoms with E-state index in [2.05, 4.69) is 63.4 Å². The summed E-state index contributed by atoms with van der Waals surface area (Å²) in [5.74, 6) is 0. The number of hydrogen-bond donors (Lipinski definition) is 0. The van der Waals surface area contributed by atoms with Gasteiger partial charge in [-0.2, -0.15) is 0 Å². The molecule has 1 nitrogen and oxygen atoms in total. The number of rotatable bonds is 2. The van der Waals surface area contributed by atoms with Crippen LogP contribution in [-0.4, -0.2) is 5.25 Å². The molecule has 0 saturated heterocycles. The van der Waals surface area contributed by atoms with Crippen LogP contribution in [0.5, 0.6) is 0 Å². The van der Waals surface area contributed by atoms with Gasteiger partial charge in [-0.25, -0.2) is 5.26 Å². The lowest BCUT2D eigenvalue weighted by atomic mass is 9.87. The van der Waals surface area contributed by atoms with Gasteiger partial charge < -0.3 is 0 Å². The second-order valence-electron chi connectivity index (χ2n) is 6.16. The average Bonchev–Trinajstić information content (AvgIpc) is 2.41. The fourth-order valence-electron chi connectivity index (χ4n) is 2.41. The lowest BCUT2D eigenvalue weighted by Crippen LogP contribution is -2.11. The highest BCUT2D eigenvalue weighted by atomic mass is 32.2. The van der Waals surface area contributed by atoms with Gasteiger partial charge in [-0.15, -0.1) is 11.8 Å². The Balaban J connectivity index is 0.000000861. The molecule has 1 aliphatic rings. The van der Waals surface area contributed by atoms with Crippen LogP contribution < -0.4 is 0 Å². The Hall–Kier alpha value is -0.940. The summed E-state index contributed by atoms with van der Waals surface area (Å²) in [6, 6.07) is 9.13. The van der Waals surface area contributed by atoms with Gasteiger partial charge >= 0.3 is 0 Å². The van der Waals surface area contributed by atoms with Crippen LogP contribution in [0, 0.1) is 11.8 Å². The van der Waals surface area contributed by atoms with Crippen LogP contribution in [0.4, 0.5) is 0 Å². The zero-order valence-electron chi connectivity index (χ0n) is 12.4. The minimum Gasteiger partial charge on any atom is -0.202 e. The first-order chi connectivity index (χ1) is 9.05. The third-order valence-corrected chi connectivity index (χ3v) is 4.89. The van der Waals surface area contributed by atoms with Crippen molar-refractivity contribution in [3.05, 3.63) is 29.8 Å². The van der Waals surface area contributed by atoms with Gasteiger partial charge in [-0.3, -0.25) is 0 Å². The maximum atomic E-state index is 6.50. The highest BCUT2D eigenvalue weighted by Crippen LogP contribution is 2.35. The maximum absolute atomic E-state index is 6.50.